The van der Waals surface area contributed by atoms with Crippen LogP contribution in [-0.4, -0.2) is 39.0 Å². The summed E-state index contributed by atoms with van der Waals surface area (Å²) in [5, 5.41) is 0. The van der Waals surface area contributed by atoms with Crippen molar-refractivity contribution in [1.82, 2.24) is 4.31 Å². The maximum Gasteiger partial charge on any atom is 0.244 e. The second-order valence-corrected chi connectivity index (χ2v) is 6.44. The second-order valence-electron chi connectivity index (χ2n) is 4.43. The van der Waals surface area contributed by atoms with Crippen LogP contribution < -0.4 is 5.73 Å². The molecule has 5 nitrogen and oxygen atoms in total. The topological polar surface area (TPSA) is 72.6 Å². The largest absolute Gasteiger partial charge is 0.398 e. The summed E-state index contributed by atoms with van der Waals surface area (Å²) in [6, 6.07) is 3.23. The maximum absolute atomic E-state index is 12.9. The lowest BCUT2D eigenvalue weighted by Crippen LogP contribution is -2.31. The minimum Gasteiger partial charge on any atom is -0.398 e. The average Bonchev–Trinajstić information content (AvgIpc) is 2.27. The van der Waals surface area contributed by atoms with Crippen LogP contribution in [0.15, 0.2) is 23.1 Å². The quantitative estimate of drug-likeness (QED) is 0.805. The summed E-state index contributed by atoms with van der Waals surface area (Å²) in [6.07, 6.45) is 0.0343. The van der Waals surface area contributed by atoms with Gasteiger partial charge in [0.1, 0.15) is 10.7 Å². The van der Waals surface area contributed by atoms with Crippen molar-refractivity contribution in [3.05, 3.63) is 24.0 Å². The van der Waals surface area contributed by atoms with Gasteiger partial charge in [0, 0.05) is 13.6 Å². The van der Waals surface area contributed by atoms with Crippen molar-refractivity contribution in [2.75, 3.05) is 25.9 Å². The monoisotopic (exact) mass is 290 g/mol. The Hall–Kier alpha value is -1.18. The first-order valence-corrected chi connectivity index (χ1v) is 7.32. The molecule has 0 saturated heterocycles. The fraction of sp³-hybridized carbons (Fsp3) is 0.500. The molecule has 0 aliphatic rings. The molecule has 0 spiro atoms. The molecule has 7 heteroatoms. The lowest BCUT2D eigenvalue weighted by atomic mass is 10.3. The van der Waals surface area contributed by atoms with Gasteiger partial charge in [-0.1, -0.05) is 0 Å². The lowest BCUT2D eigenvalue weighted by Gasteiger charge is -2.19. The van der Waals surface area contributed by atoms with Crippen molar-refractivity contribution in [2.24, 2.45) is 0 Å². The van der Waals surface area contributed by atoms with Gasteiger partial charge < -0.3 is 10.5 Å². The van der Waals surface area contributed by atoms with E-state index >= 15 is 0 Å². The summed E-state index contributed by atoms with van der Waals surface area (Å²) < 4.78 is 43.8. The molecule has 0 aliphatic carbocycles. The van der Waals surface area contributed by atoms with Gasteiger partial charge >= 0.3 is 0 Å². The SMILES string of the molecule is CC(C)OCCN(C)S(=O)(=O)c1ccc(F)cc1N. The van der Waals surface area contributed by atoms with E-state index in [0.29, 0.717) is 0 Å². The van der Waals surface area contributed by atoms with Crippen molar-refractivity contribution >= 4 is 15.7 Å². The van der Waals surface area contributed by atoms with Crippen molar-refractivity contribution in [3.8, 4) is 0 Å². The second kappa shape index (κ2) is 6.31. The molecule has 1 aromatic carbocycles. The van der Waals surface area contributed by atoms with E-state index in [2.05, 4.69) is 0 Å². The van der Waals surface area contributed by atoms with Crippen LogP contribution in [0.1, 0.15) is 13.8 Å². The van der Waals surface area contributed by atoms with E-state index in [4.69, 9.17) is 10.5 Å². The zero-order valence-electron chi connectivity index (χ0n) is 11.3. The van der Waals surface area contributed by atoms with E-state index < -0.39 is 15.8 Å². The summed E-state index contributed by atoms with van der Waals surface area (Å²) in [7, 11) is -2.29. The fourth-order valence-corrected chi connectivity index (χ4v) is 2.71. The van der Waals surface area contributed by atoms with Crippen LogP contribution in [0, 0.1) is 5.82 Å². The number of sulfonamides is 1. The van der Waals surface area contributed by atoms with Crippen molar-refractivity contribution in [2.45, 2.75) is 24.8 Å². The molecule has 1 aromatic rings. The van der Waals surface area contributed by atoms with E-state index in [1.54, 1.807) is 0 Å². The third-order valence-corrected chi connectivity index (χ3v) is 4.45. The predicted molar refractivity (Wildman–Crippen MR) is 71.7 cm³/mol. The minimum atomic E-state index is -3.72. The number of hydrogen-bond donors (Lipinski definition) is 1. The van der Waals surface area contributed by atoms with Crippen LogP contribution >= 0.6 is 0 Å². The number of benzene rings is 1. The highest BCUT2D eigenvalue weighted by Gasteiger charge is 2.23. The summed E-state index contributed by atoms with van der Waals surface area (Å²) in [5.74, 6) is -0.567. The van der Waals surface area contributed by atoms with Gasteiger partial charge in [-0.15, -0.1) is 0 Å². The molecule has 2 N–H and O–H groups in total. The lowest BCUT2D eigenvalue weighted by molar-refractivity contribution is 0.0737. The molecule has 0 atom stereocenters. The number of rotatable bonds is 6. The van der Waals surface area contributed by atoms with Gasteiger partial charge in [-0.05, 0) is 32.0 Å². The molecule has 1 rings (SSSR count). The third-order valence-electron chi connectivity index (χ3n) is 2.52. The van der Waals surface area contributed by atoms with Gasteiger partial charge in [-0.2, -0.15) is 4.31 Å². The van der Waals surface area contributed by atoms with E-state index in [9.17, 15) is 12.8 Å². The van der Waals surface area contributed by atoms with Gasteiger partial charge in [0.15, 0.2) is 0 Å². The van der Waals surface area contributed by atoms with E-state index in [1.807, 2.05) is 13.8 Å². The van der Waals surface area contributed by atoms with Crippen LogP contribution in [0.4, 0.5) is 10.1 Å². The first kappa shape index (κ1) is 15.9. The van der Waals surface area contributed by atoms with Crippen molar-refractivity contribution in [3.63, 3.8) is 0 Å². The van der Waals surface area contributed by atoms with Crippen molar-refractivity contribution < 1.29 is 17.5 Å². The normalized spacial score (nSPS) is 12.3. The average molecular weight is 290 g/mol. The zero-order chi connectivity index (χ0) is 14.6. The molecular weight excluding hydrogens is 271 g/mol. The molecule has 0 radical (unpaired) electrons. The Balaban J connectivity index is 2.85. The standard InChI is InChI=1S/C12H19FN2O3S/c1-9(2)18-7-6-15(3)19(16,17)12-5-4-10(13)8-11(12)14/h4-5,8-9H,6-7,14H2,1-3H3. The van der Waals surface area contributed by atoms with Gasteiger partial charge in [-0.3, -0.25) is 0 Å². The van der Waals surface area contributed by atoms with Gasteiger partial charge in [0.2, 0.25) is 10.0 Å². The smallest absolute Gasteiger partial charge is 0.244 e. The summed E-state index contributed by atoms with van der Waals surface area (Å²) in [4.78, 5) is -0.0963. The molecule has 0 unspecified atom stereocenters. The number of halogens is 1. The molecule has 0 aromatic heterocycles. The molecule has 19 heavy (non-hydrogen) atoms. The molecule has 0 saturated carbocycles. The molecule has 0 bridgehead atoms. The van der Waals surface area contributed by atoms with Crippen LogP contribution in [-0.2, 0) is 14.8 Å². The van der Waals surface area contributed by atoms with Gasteiger partial charge in [0.25, 0.3) is 0 Å². The summed E-state index contributed by atoms with van der Waals surface area (Å²) in [5.41, 5.74) is 5.44. The number of anilines is 1. The Morgan fingerprint density at radius 2 is 2.05 bits per heavy atom. The van der Waals surface area contributed by atoms with Crippen molar-refractivity contribution in [1.29, 1.82) is 0 Å². The van der Waals surface area contributed by atoms with Crippen LogP contribution in [0.5, 0.6) is 0 Å². The Morgan fingerprint density at radius 1 is 1.42 bits per heavy atom. The van der Waals surface area contributed by atoms with E-state index in [-0.39, 0.29) is 29.8 Å². The number of hydrogen-bond acceptors (Lipinski definition) is 4. The molecular formula is C12H19FN2O3S. The van der Waals surface area contributed by atoms with Crippen LogP contribution in [0.2, 0.25) is 0 Å². The molecule has 0 aliphatic heterocycles. The fourth-order valence-electron chi connectivity index (χ4n) is 1.46. The maximum atomic E-state index is 12.9. The molecule has 108 valence electrons. The highest BCUT2D eigenvalue weighted by atomic mass is 32.2. The summed E-state index contributed by atoms with van der Waals surface area (Å²) in [6.45, 7) is 4.23. The number of nitrogens with zero attached hydrogens (tertiary/aromatic N) is 1. The Kier molecular flexibility index (Phi) is 5.28. The third kappa shape index (κ3) is 4.15. The highest BCUT2D eigenvalue weighted by Crippen LogP contribution is 2.22. The summed E-state index contributed by atoms with van der Waals surface area (Å²) >= 11 is 0. The van der Waals surface area contributed by atoms with Crippen LogP contribution in [0.3, 0.4) is 0 Å². The highest BCUT2D eigenvalue weighted by molar-refractivity contribution is 7.89. The number of ether oxygens (including phenoxy) is 1. The van der Waals surface area contributed by atoms with Gasteiger partial charge in [-0.25, -0.2) is 12.8 Å². The van der Waals surface area contributed by atoms with E-state index in [1.165, 1.54) is 13.1 Å². The molecule has 0 amide bonds. The number of nitrogen functional groups attached to an aromatic ring is 1. The Bertz CT molecular complexity index is 532. The van der Waals surface area contributed by atoms with Gasteiger partial charge in [0.05, 0.1) is 18.4 Å². The minimum absolute atomic E-state index is 0.0343. The predicted octanol–water partition coefficient (Wildman–Crippen LogP) is 1.45. The molecule has 0 heterocycles. The zero-order valence-corrected chi connectivity index (χ0v) is 12.1. The first-order chi connectivity index (χ1) is 8.75. The number of likely N-dealkylation sites (N-methyl/N-ethyl adjacent to an activating group) is 1. The Labute approximate surface area is 113 Å². The van der Waals surface area contributed by atoms with E-state index in [0.717, 1.165) is 16.4 Å². The van der Waals surface area contributed by atoms with Crippen LogP contribution in [0.25, 0.3) is 0 Å². The molecule has 0 fully saturated rings. The first-order valence-electron chi connectivity index (χ1n) is 5.88. The Morgan fingerprint density at radius 3 is 2.58 bits per heavy atom. The number of nitrogens with two attached hydrogens (primary N) is 1.